The SMILES string of the molecule is O=c1c(S(=O)O)cn(C2CC2)c2cc(N3CCNCC3)c(F)cc12. The van der Waals surface area contributed by atoms with Crippen LogP contribution in [-0.2, 0) is 11.1 Å². The number of hydrogen-bond donors (Lipinski definition) is 2. The Kier molecular flexibility index (Phi) is 3.90. The van der Waals surface area contributed by atoms with Crippen LogP contribution < -0.4 is 15.6 Å². The van der Waals surface area contributed by atoms with Crippen molar-refractivity contribution in [1.29, 1.82) is 0 Å². The van der Waals surface area contributed by atoms with Crippen LogP contribution in [0.1, 0.15) is 18.9 Å². The number of pyridine rings is 1. The van der Waals surface area contributed by atoms with E-state index in [4.69, 9.17) is 0 Å². The first kappa shape index (κ1) is 15.7. The minimum absolute atomic E-state index is 0.165. The second kappa shape index (κ2) is 5.94. The van der Waals surface area contributed by atoms with E-state index >= 15 is 0 Å². The molecule has 4 rings (SSSR count). The molecule has 0 spiro atoms. The number of nitrogens with zero attached hydrogens (tertiary/aromatic N) is 2. The topological polar surface area (TPSA) is 74.6 Å². The Hall–Kier alpha value is -1.77. The molecule has 1 aromatic heterocycles. The molecule has 2 fully saturated rings. The molecule has 1 atom stereocenters. The molecule has 1 saturated carbocycles. The van der Waals surface area contributed by atoms with Crippen LogP contribution in [0.25, 0.3) is 10.9 Å². The predicted octanol–water partition coefficient (Wildman–Crippen LogP) is 1.47. The highest BCUT2D eigenvalue weighted by Gasteiger charge is 2.27. The van der Waals surface area contributed by atoms with Crippen LogP contribution in [0.5, 0.6) is 0 Å². The lowest BCUT2D eigenvalue weighted by atomic mass is 10.1. The van der Waals surface area contributed by atoms with E-state index in [1.807, 2.05) is 9.47 Å². The first-order valence-corrected chi connectivity index (χ1v) is 9.12. The standard InChI is InChI=1S/C16H18FN3O3S/c17-12-7-11-13(8-14(12)19-5-3-18-4-6-19)20(10-1-2-10)9-15(16(11)21)24(22)23/h7-10,18H,1-6H2,(H,22,23). The van der Waals surface area contributed by atoms with Crippen molar-refractivity contribution in [3.63, 3.8) is 0 Å². The summed E-state index contributed by atoms with van der Waals surface area (Å²) in [6, 6.07) is 3.13. The van der Waals surface area contributed by atoms with Gasteiger partial charge in [-0.2, -0.15) is 0 Å². The Morgan fingerprint density at radius 3 is 2.58 bits per heavy atom. The molecule has 2 aromatic rings. The third-order valence-electron chi connectivity index (χ3n) is 4.65. The summed E-state index contributed by atoms with van der Waals surface area (Å²) in [4.78, 5) is 14.2. The van der Waals surface area contributed by atoms with Gasteiger partial charge < -0.3 is 19.3 Å². The molecular weight excluding hydrogens is 333 g/mol. The van der Waals surface area contributed by atoms with Gasteiger partial charge in [0.05, 0.1) is 16.6 Å². The van der Waals surface area contributed by atoms with Gasteiger partial charge in [0, 0.05) is 38.4 Å². The maximum absolute atomic E-state index is 14.6. The smallest absolute Gasteiger partial charge is 0.207 e. The first-order valence-electron chi connectivity index (χ1n) is 8.01. The van der Waals surface area contributed by atoms with E-state index in [1.54, 1.807) is 6.07 Å². The lowest BCUT2D eigenvalue weighted by Crippen LogP contribution is -2.43. The summed E-state index contributed by atoms with van der Waals surface area (Å²) in [5.41, 5.74) is 0.538. The lowest BCUT2D eigenvalue weighted by Gasteiger charge is -2.30. The van der Waals surface area contributed by atoms with Crippen LogP contribution >= 0.6 is 0 Å². The molecule has 2 aliphatic rings. The van der Waals surface area contributed by atoms with E-state index < -0.39 is 22.3 Å². The van der Waals surface area contributed by atoms with Gasteiger partial charge in [0.25, 0.3) is 0 Å². The number of fused-ring (bicyclic) bond motifs is 1. The average Bonchev–Trinajstić information content (AvgIpc) is 3.40. The summed E-state index contributed by atoms with van der Waals surface area (Å²) < 4.78 is 37.3. The van der Waals surface area contributed by atoms with Crippen molar-refractivity contribution >= 4 is 27.7 Å². The van der Waals surface area contributed by atoms with Crippen LogP contribution in [0.3, 0.4) is 0 Å². The van der Waals surface area contributed by atoms with Gasteiger partial charge in [-0.25, -0.2) is 8.60 Å². The number of hydrogen-bond acceptors (Lipinski definition) is 4. The molecular formula is C16H18FN3O3S. The average molecular weight is 351 g/mol. The maximum atomic E-state index is 14.6. The van der Waals surface area contributed by atoms with Gasteiger partial charge in [0.15, 0.2) is 11.1 Å². The normalized spacial score (nSPS) is 19.7. The van der Waals surface area contributed by atoms with Gasteiger partial charge in [-0.3, -0.25) is 4.79 Å². The number of aromatic nitrogens is 1. The lowest BCUT2D eigenvalue weighted by molar-refractivity contribution is 0.561. The van der Waals surface area contributed by atoms with Crippen molar-refractivity contribution in [2.24, 2.45) is 0 Å². The summed E-state index contributed by atoms with van der Waals surface area (Å²) in [5, 5.41) is 3.39. The summed E-state index contributed by atoms with van der Waals surface area (Å²) in [7, 11) is 0. The number of halogens is 1. The largest absolute Gasteiger partial charge is 0.367 e. The molecule has 0 radical (unpaired) electrons. The van der Waals surface area contributed by atoms with Gasteiger partial charge >= 0.3 is 0 Å². The fraction of sp³-hybridized carbons (Fsp3) is 0.438. The van der Waals surface area contributed by atoms with Gasteiger partial charge in [0.2, 0.25) is 5.43 Å². The molecule has 8 heteroatoms. The van der Waals surface area contributed by atoms with E-state index in [0.29, 0.717) is 24.3 Å². The summed E-state index contributed by atoms with van der Waals surface area (Å²) in [5.74, 6) is -0.468. The Balaban J connectivity index is 1.95. The Morgan fingerprint density at radius 2 is 1.96 bits per heavy atom. The summed E-state index contributed by atoms with van der Waals surface area (Å²) in [6.45, 7) is 2.98. The fourth-order valence-electron chi connectivity index (χ4n) is 3.26. The Labute approximate surface area is 140 Å². The fourth-order valence-corrected chi connectivity index (χ4v) is 3.73. The maximum Gasteiger partial charge on any atom is 0.207 e. The van der Waals surface area contributed by atoms with Gasteiger partial charge in [-0.1, -0.05) is 0 Å². The van der Waals surface area contributed by atoms with Crippen molar-refractivity contribution < 1.29 is 13.2 Å². The third-order valence-corrected chi connectivity index (χ3v) is 5.32. The second-order valence-corrected chi connectivity index (χ2v) is 7.21. The highest BCUT2D eigenvalue weighted by Crippen LogP contribution is 2.38. The van der Waals surface area contributed by atoms with Crippen molar-refractivity contribution in [1.82, 2.24) is 9.88 Å². The zero-order valence-corrected chi connectivity index (χ0v) is 13.8. The molecule has 0 bridgehead atoms. The van der Waals surface area contributed by atoms with Gasteiger partial charge in [-0.05, 0) is 25.0 Å². The van der Waals surface area contributed by atoms with E-state index in [1.165, 1.54) is 12.3 Å². The highest BCUT2D eigenvalue weighted by atomic mass is 32.2. The van der Waals surface area contributed by atoms with E-state index in [-0.39, 0.29) is 16.3 Å². The molecule has 128 valence electrons. The Bertz CT molecular complexity index is 888. The second-order valence-electron chi connectivity index (χ2n) is 6.27. The van der Waals surface area contributed by atoms with Crippen LogP contribution in [0, 0.1) is 5.82 Å². The van der Waals surface area contributed by atoms with Gasteiger partial charge in [0.1, 0.15) is 10.7 Å². The monoisotopic (exact) mass is 351 g/mol. The van der Waals surface area contributed by atoms with Crippen LogP contribution in [0.2, 0.25) is 0 Å². The first-order chi connectivity index (χ1) is 11.6. The van der Waals surface area contributed by atoms with E-state index in [9.17, 15) is 17.9 Å². The number of piperazine rings is 1. The minimum atomic E-state index is -2.39. The molecule has 1 aliphatic heterocycles. The molecule has 1 unspecified atom stereocenters. The zero-order valence-electron chi connectivity index (χ0n) is 13.0. The third kappa shape index (κ3) is 2.64. The van der Waals surface area contributed by atoms with Crippen LogP contribution in [-0.4, -0.2) is 39.5 Å². The minimum Gasteiger partial charge on any atom is -0.367 e. The molecule has 0 amide bonds. The quantitative estimate of drug-likeness (QED) is 0.819. The van der Waals surface area contributed by atoms with Crippen molar-refractivity contribution in [3.8, 4) is 0 Å². The number of benzene rings is 1. The Morgan fingerprint density at radius 1 is 1.25 bits per heavy atom. The number of rotatable bonds is 3. The van der Waals surface area contributed by atoms with Crippen molar-refractivity contribution in [2.45, 2.75) is 23.8 Å². The predicted molar refractivity (Wildman–Crippen MR) is 90.6 cm³/mol. The van der Waals surface area contributed by atoms with Gasteiger partial charge in [-0.15, -0.1) is 0 Å². The van der Waals surface area contributed by atoms with E-state index in [0.717, 1.165) is 25.9 Å². The number of anilines is 1. The van der Waals surface area contributed by atoms with Crippen molar-refractivity contribution in [3.05, 3.63) is 34.4 Å². The molecule has 1 aromatic carbocycles. The molecule has 1 aliphatic carbocycles. The summed E-state index contributed by atoms with van der Waals surface area (Å²) >= 11 is -2.39. The van der Waals surface area contributed by atoms with E-state index in [2.05, 4.69) is 5.32 Å². The molecule has 24 heavy (non-hydrogen) atoms. The number of nitrogens with one attached hydrogen (secondary N) is 1. The zero-order chi connectivity index (χ0) is 16.8. The molecule has 6 nitrogen and oxygen atoms in total. The molecule has 2 heterocycles. The summed E-state index contributed by atoms with van der Waals surface area (Å²) in [6.07, 6.45) is 3.36. The molecule has 2 N–H and O–H groups in total. The van der Waals surface area contributed by atoms with Crippen LogP contribution in [0.15, 0.2) is 28.0 Å². The van der Waals surface area contributed by atoms with Crippen molar-refractivity contribution in [2.75, 3.05) is 31.1 Å². The van der Waals surface area contributed by atoms with Crippen LogP contribution in [0.4, 0.5) is 10.1 Å². The molecule has 1 saturated heterocycles. The highest BCUT2D eigenvalue weighted by molar-refractivity contribution is 7.79.